The first-order valence-corrected chi connectivity index (χ1v) is 8.35. The molecule has 1 aromatic carbocycles. The van der Waals surface area contributed by atoms with Crippen LogP contribution in [0.15, 0.2) is 43.0 Å². The van der Waals surface area contributed by atoms with Crippen LogP contribution in [0.4, 0.5) is 4.79 Å². The van der Waals surface area contributed by atoms with Crippen LogP contribution in [0.5, 0.6) is 0 Å². The summed E-state index contributed by atoms with van der Waals surface area (Å²) in [6.45, 7) is 5.88. The van der Waals surface area contributed by atoms with Crippen LogP contribution in [0, 0.1) is 5.92 Å². The summed E-state index contributed by atoms with van der Waals surface area (Å²) in [6, 6.07) is 9.30. The second kappa shape index (κ2) is 5.94. The van der Waals surface area contributed by atoms with Crippen molar-refractivity contribution in [2.24, 2.45) is 5.92 Å². The molecule has 0 unspecified atom stereocenters. The maximum Gasteiger partial charge on any atom is 0.345 e. The van der Waals surface area contributed by atoms with E-state index in [1.165, 1.54) is 5.06 Å². The van der Waals surface area contributed by atoms with E-state index in [0.29, 0.717) is 26.2 Å². The molecule has 6 nitrogen and oxygen atoms in total. The number of urea groups is 1. The first-order valence-electron chi connectivity index (χ1n) is 8.35. The molecule has 0 radical (unpaired) electrons. The molecule has 3 heterocycles. The summed E-state index contributed by atoms with van der Waals surface area (Å²) in [6.07, 6.45) is 2.54. The molecule has 3 saturated heterocycles. The predicted molar refractivity (Wildman–Crippen MR) is 87.6 cm³/mol. The first-order chi connectivity index (χ1) is 11.7. The summed E-state index contributed by atoms with van der Waals surface area (Å²) >= 11 is 0. The SMILES string of the molecule is C=CCN1C[C@@H]2C[C@@H]3CN(C(=O)N3OCc3ccccc3)[C@@H]2C1=O. The number of amides is 3. The highest BCUT2D eigenvalue weighted by Gasteiger charge is 2.56. The van der Waals surface area contributed by atoms with Crippen molar-refractivity contribution < 1.29 is 14.4 Å². The molecular formula is C18H21N3O3. The molecule has 3 aliphatic rings. The van der Waals surface area contributed by atoms with Gasteiger partial charge in [-0.2, -0.15) is 5.06 Å². The van der Waals surface area contributed by atoms with E-state index in [4.69, 9.17) is 4.84 Å². The molecule has 1 aromatic rings. The van der Waals surface area contributed by atoms with Crippen LogP contribution in [0.3, 0.4) is 0 Å². The number of benzene rings is 1. The highest BCUT2D eigenvalue weighted by Crippen LogP contribution is 2.38. The number of likely N-dealkylation sites (tertiary alicyclic amines) is 1. The van der Waals surface area contributed by atoms with Crippen molar-refractivity contribution in [2.75, 3.05) is 19.6 Å². The number of hydrogen-bond acceptors (Lipinski definition) is 3. The Morgan fingerprint density at radius 1 is 1.21 bits per heavy atom. The molecule has 3 atom stereocenters. The summed E-state index contributed by atoms with van der Waals surface area (Å²) in [5.74, 6) is 0.224. The summed E-state index contributed by atoms with van der Waals surface area (Å²) in [5, 5.41) is 1.48. The van der Waals surface area contributed by atoms with E-state index in [2.05, 4.69) is 6.58 Å². The van der Waals surface area contributed by atoms with Crippen LogP contribution in [-0.2, 0) is 16.2 Å². The van der Waals surface area contributed by atoms with Crippen LogP contribution in [0.2, 0.25) is 0 Å². The largest absolute Gasteiger partial charge is 0.345 e. The fourth-order valence-corrected chi connectivity index (χ4v) is 4.07. The van der Waals surface area contributed by atoms with Crippen LogP contribution in [0.25, 0.3) is 0 Å². The number of rotatable bonds is 5. The summed E-state index contributed by atoms with van der Waals surface area (Å²) < 4.78 is 0. The molecule has 0 aliphatic carbocycles. The van der Waals surface area contributed by atoms with E-state index < -0.39 is 0 Å². The molecule has 0 N–H and O–H groups in total. The van der Waals surface area contributed by atoms with E-state index in [1.54, 1.807) is 15.9 Å². The van der Waals surface area contributed by atoms with Gasteiger partial charge in [-0.15, -0.1) is 6.58 Å². The Bertz CT molecular complexity index is 663. The standard InChI is InChI=1S/C18H21N3O3/c1-2-8-19-10-14-9-15-11-20(16(14)17(19)22)18(23)21(15)24-12-13-6-4-3-5-7-13/h2-7,14-16H,1,8-12H2/t14-,15+,16-/m0/s1. The fourth-order valence-electron chi connectivity index (χ4n) is 4.07. The zero-order valence-corrected chi connectivity index (χ0v) is 13.5. The van der Waals surface area contributed by atoms with Gasteiger partial charge in [0.15, 0.2) is 0 Å². The van der Waals surface area contributed by atoms with E-state index in [0.717, 1.165) is 12.0 Å². The summed E-state index contributed by atoms with van der Waals surface area (Å²) in [4.78, 5) is 34.5. The molecule has 3 fully saturated rings. The summed E-state index contributed by atoms with van der Waals surface area (Å²) in [7, 11) is 0. The van der Waals surface area contributed by atoms with Crippen molar-refractivity contribution in [3.8, 4) is 0 Å². The highest BCUT2D eigenvalue weighted by molar-refractivity contribution is 5.90. The third-order valence-corrected chi connectivity index (χ3v) is 5.11. The molecule has 2 bridgehead atoms. The monoisotopic (exact) mass is 327 g/mol. The van der Waals surface area contributed by atoms with Gasteiger partial charge < -0.3 is 9.80 Å². The molecule has 24 heavy (non-hydrogen) atoms. The van der Waals surface area contributed by atoms with Gasteiger partial charge in [-0.3, -0.25) is 9.63 Å². The van der Waals surface area contributed by atoms with Gasteiger partial charge in [0.25, 0.3) is 0 Å². The Balaban J connectivity index is 1.46. The van der Waals surface area contributed by atoms with Crippen LogP contribution < -0.4 is 0 Å². The zero-order chi connectivity index (χ0) is 16.7. The molecule has 6 heteroatoms. The van der Waals surface area contributed by atoms with Gasteiger partial charge >= 0.3 is 6.03 Å². The van der Waals surface area contributed by atoms with E-state index >= 15 is 0 Å². The lowest BCUT2D eigenvalue weighted by Crippen LogP contribution is -2.48. The number of fused-ring (bicyclic) bond motifs is 4. The Morgan fingerprint density at radius 2 is 2.00 bits per heavy atom. The van der Waals surface area contributed by atoms with E-state index in [1.807, 2.05) is 30.3 Å². The topological polar surface area (TPSA) is 53.1 Å². The predicted octanol–water partition coefficient (Wildman–Crippen LogP) is 1.64. The fraction of sp³-hybridized carbons (Fsp3) is 0.444. The van der Waals surface area contributed by atoms with E-state index in [-0.39, 0.29) is 29.9 Å². The van der Waals surface area contributed by atoms with E-state index in [9.17, 15) is 9.59 Å². The molecule has 3 aliphatic heterocycles. The number of carbonyl (C=O) groups excluding carboxylic acids is 2. The number of piperidine rings is 1. The van der Waals surface area contributed by atoms with Gasteiger partial charge in [0.2, 0.25) is 5.91 Å². The van der Waals surface area contributed by atoms with Crippen molar-refractivity contribution in [2.45, 2.75) is 25.1 Å². The maximum absolute atomic E-state index is 12.7. The summed E-state index contributed by atoms with van der Waals surface area (Å²) in [5.41, 5.74) is 1.02. The van der Waals surface area contributed by atoms with Crippen molar-refractivity contribution in [1.29, 1.82) is 0 Å². The van der Waals surface area contributed by atoms with Crippen LogP contribution in [0.1, 0.15) is 12.0 Å². The molecule has 4 rings (SSSR count). The van der Waals surface area contributed by atoms with Gasteiger partial charge in [0.05, 0.1) is 6.04 Å². The second-order valence-electron chi connectivity index (χ2n) is 6.65. The van der Waals surface area contributed by atoms with Gasteiger partial charge in [-0.1, -0.05) is 36.4 Å². The molecule has 0 spiro atoms. The average molecular weight is 327 g/mol. The Labute approximate surface area is 141 Å². The van der Waals surface area contributed by atoms with Crippen molar-refractivity contribution in [3.63, 3.8) is 0 Å². The normalized spacial score (nSPS) is 28.5. The number of carbonyl (C=O) groups is 2. The average Bonchev–Trinajstić information content (AvgIpc) is 3.03. The Hall–Kier alpha value is -2.34. The minimum atomic E-state index is -0.334. The zero-order valence-electron chi connectivity index (χ0n) is 13.5. The minimum absolute atomic E-state index is 0.0268. The Morgan fingerprint density at radius 3 is 2.75 bits per heavy atom. The second-order valence-corrected chi connectivity index (χ2v) is 6.65. The van der Waals surface area contributed by atoms with Gasteiger partial charge in [-0.25, -0.2) is 4.79 Å². The van der Waals surface area contributed by atoms with Gasteiger partial charge in [-0.05, 0) is 12.0 Å². The number of nitrogens with zero attached hydrogens (tertiary/aromatic N) is 3. The third kappa shape index (κ3) is 2.38. The maximum atomic E-state index is 12.7. The molecule has 0 aromatic heterocycles. The molecule has 126 valence electrons. The lowest BCUT2D eigenvalue weighted by atomic mass is 9.90. The smallest absolute Gasteiger partial charge is 0.337 e. The number of hydroxylamine groups is 2. The quantitative estimate of drug-likeness (QED) is 0.773. The molecular weight excluding hydrogens is 306 g/mol. The minimum Gasteiger partial charge on any atom is -0.337 e. The highest BCUT2D eigenvalue weighted by atomic mass is 16.7. The van der Waals surface area contributed by atoms with Gasteiger partial charge in [0.1, 0.15) is 12.6 Å². The van der Waals surface area contributed by atoms with Crippen molar-refractivity contribution >= 4 is 11.9 Å². The molecule has 0 saturated carbocycles. The van der Waals surface area contributed by atoms with Crippen LogP contribution in [-0.4, -0.2) is 58.5 Å². The third-order valence-electron chi connectivity index (χ3n) is 5.11. The van der Waals surface area contributed by atoms with Crippen molar-refractivity contribution in [1.82, 2.24) is 14.9 Å². The first kappa shape index (κ1) is 15.2. The van der Waals surface area contributed by atoms with Crippen LogP contribution >= 0.6 is 0 Å². The van der Waals surface area contributed by atoms with Crippen molar-refractivity contribution in [3.05, 3.63) is 48.6 Å². The Kier molecular flexibility index (Phi) is 3.76. The van der Waals surface area contributed by atoms with Gasteiger partial charge in [0, 0.05) is 25.6 Å². The number of hydrogen-bond donors (Lipinski definition) is 0. The lowest BCUT2D eigenvalue weighted by Gasteiger charge is -2.30. The molecule has 3 amide bonds. The lowest BCUT2D eigenvalue weighted by molar-refractivity contribution is -0.142.